The van der Waals surface area contributed by atoms with Gasteiger partial charge in [0.05, 0.1) is 24.0 Å². The number of imidazole rings is 1. The van der Waals surface area contributed by atoms with Gasteiger partial charge >= 0.3 is 6.18 Å². The van der Waals surface area contributed by atoms with Crippen LogP contribution in [0.4, 0.5) is 18.9 Å². The Morgan fingerprint density at radius 3 is 2.63 bits per heavy atom. The summed E-state index contributed by atoms with van der Waals surface area (Å²) < 4.78 is 38.3. The van der Waals surface area contributed by atoms with E-state index in [0.29, 0.717) is 16.7 Å². The molecule has 19 heavy (non-hydrogen) atoms. The summed E-state index contributed by atoms with van der Waals surface area (Å²) in [5.41, 5.74) is 0.519. The van der Waals surface area contributed by atoms with Crippen LogP contribution in [0.1, 0.15) is 17.1 Å². The van der Waals surface area contributed by atoms with Crippen LogP contribution in [0.15, 0.2) is 28.9 Å². The molecule has 102 valence electrons. The number of alkyl halides is 3. The maximum absolute atomic E-state index is 12.6. The largest absolute Gasteiger partial charge is 0.416 e. The van der Waals surface area contributed by atoms with E-state index in [9.17, 15) is 13.2 Å². The maximum atomic E-state index is 12.6. The molecule has 2 aromatic rings. The Morgan fingerprint density at radius 2 is 2.05 bits per heavy atom. The highest BCUT2D eigenvalue weighted by Gasteiger charge is 2.31. The number of nitrogens with one attached hydrogen (secondary N) is 2. The molecule has 0 bridgehead atoms. The zero-order valence-electron chi connectivity index (χ0n) is 9.98. The second-order valence-corrected chi connectivity index (χ2v) is 4.99. The number of benzene rings is 1. The molecule has 2 rings (SSSR count). The van der Waals surface area contributed by atoms with Gasteiger partial charge in [0, 0.05) is 10.2 Å². The number of H-pyrrole nitrogens is 1. The lowest BCUT2D eigenvalue weighted by molar-refractivity contribution is -0.137. The van der Waals surface area contributed by atoms with Crippen LogP contribution in [0.5, 0.6) is 0 Å². The van der Waals surface area contributed by atoms with E-state index in [1.54, 1.807) is 12.3 Å². The van der Waals surface area contributed by atoms with Crippen molar-refractivity contribution in [3.8, 4) is 0 Å². The van der Waals surface area contributed by atoms with Gasteiger partial charge < -0.3 is 10.3 Å². The van der Waals surface area contributed by atoms with Crippen LogP contribution in [0, 0.1) is 6.92 Å². The van der Waals surface area contributed by atoms with E-state index in [-0.39, 0.29) is 0 Å². The molecule has 0 aliphatic rings. The molecule has 3 nitrogen and oxygen atoms in total. The molecule has 1 aromatic carbocycles. The van der Waals surface area contributed by atoms with Crippen molar-refractivity contribution in [3.05, 3.63) is 46.0 Å². The standard InChI is InChI=1S/C12H11BrF3N3/c1-7-17-5-11(19-7)6-18-10-3-8(12(14,15)16)2-9(13)4-10/h2-5,18H,6H2,1H3,(H,17,19). The third kappa shape index (κ3) is 3.73. The third-order valence-electron chi connectivity index (χ3n) is 2.46. The Labute approximate surface area is 116 Å². The van der Waals surface area contributed by atoms with Gasteiger partial charge in [-0.1, -0.05) is 15.9 Å². The molecule has 0 saturated heterocycles. The highest BCUT2D eigenvalue weighted by molar-refractivity contribution is 9.10. The summed E-state index contributed by atoms with van der Waals surface area (Å²) in [6.45, 7) is 2.19. The Hall–Kier alpha value is -1.50. The van der Waals surface area contributed by atoms with Crippen LogP contribution in [0.3, 0.4) is 0 Å². The van der Waals surface area contributed by atoms with E-state index in [1.807, 2.05) is 6.92 Å². The van der Waals surface area contributed by atoms with E-state index >= 15 is 0 Å². The number of aromatic nitrogens is 2. The van der Waals surface area contributed by atoms with Crippen molar-refractivity contribution in [3.63, 3.8) is 0 Å². The Kier molecular flexibility index (Phi) is 3.84. The average Bonchev–Trinajstić information content (AvgIpc) is 2.71. The van der Waals surface area contributed by atoms with Gasteiger partial charge in [-0.15, -0.1) is 0 Å². The summed E-state index contributed by atoms with van der Waals surface area (Å²) in [7, 11) is 0. The first kappa shape index (κ1) is 13.9. The molecule has 2 N–H and O–H groups in total. The predicted octanol–water partition coefficient (Wildman–Crippen LogP) is 4.11. The fourth-order valence-corrected chi connectivity index (χ4v) is 2.11. The minimum Gasteiger partial charge on any atom is -0.379 e. The van der Waals surface area contributed by atoms with Gasteiger partial charge in [-0.05, 0) is 25.1 Å². The second kappa shape index (κ2) is 5.24. The molecule has 0 atom stereocenters. The minimum absolute atomic E-state index is 0.380. The zero-order chi connectivity index (χ0) is 14.0. The SMILES string of the molecule is Cc1ncc(CNc2cc(Br)cc(C(F)(F)F)c2)[nH]1. The first-order chi connectivity index (χ1) is 8.84. The van der Waals surface area contributed by atoms with Crippen LogP contribution in [0.2, 0.25) is 0 Å². The van der Waals surface area contributed by atoms with Gasteiger partial charge in [-0.25, -0.2) is 4.98 Å². The van der Waals surface area contributed by atoms with Gasteiger partial charge in [-0.2, -0.15) is 13.2 Å². The molecule has 1 heterocycles. The monoisotopic (exact) mass is 333 g/mol. The quantitative estimate of drug-likeness (QED) is 0.887. The molecule has 0 radical (unpaired) electrons. The van der Waals surface area contributed by atoms with Crippen LogP contribution in [-0.2, 0) is 12.7 Å². The first-order valence-corrected chi connectivity index (χ1v) is 6.26. The van der Waals surface area contributed by atoms with Crippen LogP contribution in [-0.4, -0.2) is 9.97 Å². The first-order valence-electron chi connectivity index (χ1n) is 5.47. The molecule has 0 saturated carbocycles. The molecule has 0 aliphatic carbocycles. The van der Waals surface area contributed by atoms with Gasteiger partial charge in [0.15, 0.2) is 0 Å². The van der Waals surface area contributed by atoms with Crippen molar-refractivity contribution in [2.24, 2.45) is 0 Å². The number of halogens is 4. The second-order valence-electron chi connectivity index (χ2n) is 4.07. The molecule has 0 fully saturated rings. The number of nitrogens with zero attached hydrogens (tertiary/aromatic N) is 1. The summed E-state index contributed by atoms with van der Waals surface area (Å²) in [5, 5.41) is 2.93. The van der Waals surface area contributed by atoms with Crippen LogP contribution >= 0.6 is 15.9 Å². The van der Waals surface area contributed by atoms with Crippen molar-refractivity contribution >= 4 is 21.6 Å². The van der Waals surface area contributed by atoms with Crippen LogP contribution < -0.4 is 5.32 Å². The van der Waals surface area contributed by atoms with Crippen molar-refractivity contribution in [2.45, 2.75) is 19.6 Å². The summed E-state index contributed by atoms with van der Waals surface area (Å²) in [4.78, 5) is 7.02. The number of hydrogen-bond acceptors (Lipinski definition) is 2. The van der Waals surface area contributed by atoms with E-state index in [0.717, 1.165) is 23.7 Å². The Bertz CT molecular complexity index is 578. The molecule has 0 amide bonds. The zero-order valence-corrected chi connectivity index (χ0v) is 11.6. The Balaban J connectivity index is 2.14. The highest BCUT2D eigenvalue weighted by Crippen LogP contribution is 2.33. The average molecular weight is 334 g/mol. The summed E-state index contributed by atoms with van der Waals surface area (Å²) in [5.74, 6) is 0.766. The lowest BCUT2D eigenvalue weighted by Gasteiger charge is -2.11. The third-order valence-corrected chi connectivity index (χ3v) is 2.92. The van der Waals surface area contributed by atoms with Crippen molar-refractivity contribution < 1.29 is 13.2 Å². The summed E-state index contributed by atoms with van der Waals surface area (Å²) >= 11 is 3.08. The minimum atomic E-state index is -4.36. The summed E-state index contributed by atoms with van der Waals surface area (Å²) in [6, 6.07) is 3.72. The van der Waals surface area contributed by atoms with Gasteiger partial charge in [0.2, 0.25) is 0 Å². The number of hydrogen-bond donors (Lipinski definition) is 2. The lowest BCUT2D eigenvalue weighted by Crippen LogP contribution is -2.07. The van der Waals surface area contributed by atoms with Crippen LogP contribution in [0.25, 0.3) is 0 Å². The molecular weight excluding hydrogens is 323 g/mol. The van der Waals surface area contributed by atoms with E-state index in [2.05, 4.69) is 31.2 Å². The highest BCUT2D eigenvalue weighted by atomic mass is 79.9. The summed E-state index contributed by atoms with van der Waals surface area (Å²) in [6.07, 6.45) is -2.71. The van der Waals surface area contributed by atoms with Gasteiger partial charge in [0.25, 0.3) is 0 Å². The fourth-order valence-electron chi connectivity index (χ4n) is 1.61. The number of aryl methyl sites for hydroxylation is 1. The number of aromatic amines is 1. The Morgan fingerprint density at radius 1 is 1.32 bits per heavy atom. The molecule has 1 aromatic heterocycles. The topological polar surface area (TPSA) is 40.7 Å². The van der Waals surface area contributed by atoms with Crippen molar-refractivity contribution in [1.29, 1.82) is 0 Å². The molecule has 0 aliphatic heterocycles. The lowest BCUT2D eigenvalue weighted by atomic mass is 10.2. The number of anilines is 1. The van der Waals surface area contributed by atoms with E-state index in [1.165, 1.54) is 0 Å². The molecular formula is C12H11BrF3N3. The molecule has 7 heteroatoms. The maximum Gasteiger partial charge on any atom is 0.416 e. The normalized spacial score (nSPS) is 11.6. The smallest absolute Gasteiger partial charge is 0.379 e. The number of rotatable bonds is 3. The van der Waals surface area contributed by atoms with Crippen molar-refractivity contribution in [2.75, 3.05) is 5.32 Å². The predicted molar refractivity (Wildman–Crippen MR) is 69.8 cm³/mol. The van der Waals surface area contributed by atoms with Gasteiger partial charge in [0.1, 0.15) is 5.82 Å². The van der Waals surface area contributed by atoms with Gasteiger partial charge in [-0.3, -0.25) is 0 Å². The van der Waals surface area contributed by atoms with E-state index in [4.69, 9.17) is 0 Å². The molecule has 0 spiro atoms. The van der Waals surface area contributed by atoms with Crippen molar-refractivity contribution in [1.82, 2.24) is 9.97 Å². The molecule has 0 unspecified atom stereocenters. The fraction of sp³-hybridized carbons (Fsp3) is 0.250. The van der Waals surface area contributed by atoms with E-state index < -0.39 is 11.7 Å².